The second kappa shape index (κ2) is 15.3. The van der Waals surface area contributed by atoms with Crippen molar-refractivity contribution in [2.45, 2.75) is 110 Å². The SMILES string of the molecule is CCCCCCCCCCCO[Si](CC)(CC)OC(CC)c1ccccc1. The molecule has 0 radical (unpaired) electrons. The first-order valence-electron chi connectivity index (χ1n) is 11.6. The minimum absolute atomic E-state index is 0.167. The molecule has 0 bridgehead atoms. The number of hydrogen-bond acceptors (Lipinski definition) is 2. The summed E-state index contributed by atoms with van der Waals surface area (Å²) >= 11 is 0. The van der Waals surface area contributed by atoms with Gasteiger partial charge in [-0.2, -0.15) is 0 Å². The second-order valence-corrected chi connectivity index (χ2v) is 11.5. The van der Waals surface area contributed by atoms with E-state index in [0.29, 0.717) is 0 Å². The third kappa shape index (κ3) is 9.91. The number of unbranched alkanes of at least 4 members (excludes halogenated alkanes) is 8. The highest BCUT2D eigenvalue weighted by molar-refractivity contribution is 6.67. The first kappa shape index (κ1) is 24.4. The molecule has 1 aromatic carbocycles. The molecule has 0 amide bonds. The lowest BCUT2D eigenvalue weighted by Gasteiger charge is -2.33. The van der Waals surface area contributed by atoms with E-state index in [4.69, 9.17) is 8.85 Å². The maximum absolute atomic E-state index is 6.67. The van der Waals surface area contributed by atoms with E-state index in [1.165, 1.54) is 63.4 Å². The van der Waals surface area contributed by atoms with Crippen LogP contribution >= 0.6 is 0 Å². The molecule has 0 N–H and O–H groups in total. The zero-order valence-corrected chi connectivity index (χ0v) is 19.5. The van der Waals surface area contributed by atoms with Gasteiger partial charge in [-0.05, 0) is 30.5 Å². The summed E-state index contributed by atoms with van der Waals surface area (Å²) in [6, 6.07) is 12.7. The highest BCUT2D eigenvalue weighted by Crippen LogP contribution is 2.30. The lowest BCUT2D eigenvalue weighted by molar-refractivity contribution is 0.108. The summed E-state index contributed by atoms with van der Waals surface area (Å²) in [5, 5.41) is 0. The van der Waals surface area contributed by atoms with E-state index < -0.39 is 8.56 Å². The molecule has 156 valence electrons. The van der Waals surface area contributed by atoms with Crippen LogP contribution < -0.4 is 0 Å². The van der Waals surface area contributed by atoms with E-state index in [-0.39, 0.29) is 6.10 Å². The van der Waals surface area contributed by atoms with Crippen molar-refractivity contribution in [3.63, 3.8) is 0 Å². The van der Waals surface area contributed by atoms with Crippen LogP contribution in [0.3, 0.4) is 0 Å². The first-order chi connectivity index (χ1) is 13.2. The third-order valence-electron chi connectivity index (χ3n) is 5.59. The number of rotatable bonds is 17. The van der Waals surface area contributed by atoms with Gasteiger partial charge in [-0.25, -0.2) is 0 Å². The zero-order chi connectivity index (χ0) is 19.8. The number of hydrogen-bond donors (Lipinski definition) is 0. The van der Waals surface area contributed by atoms with Gasteiger partial charge in [0.2, 0.25) is 0 Å². The van der Waals surface area contributed by atoms with E-state index in [9.17, 15) is 0 Å². The van der Waals surface area contributed by atoms with Crippen molar-refractivity contribution < 1.29 is 8.85 Å². The van der Waals surface area contributed by atoms with Crippen molar-refractivity contribution in [1.82, 2.24) is 0 Å². The molecule has 27 heavy (non-hydrogen) atoms. The highest BCUT2D eigenvalue weighted by atomic mass is 28.4. The fourth-order valence-electron chi connectivity index (χ4n) is 3.64. The van der Waals surface area contributed by atoms with Crippen LogP contribution in [0.4, 0.5) is 0 Å². The predicted octanol–water partition coefficient (Wildman–Crippen LogP) is 8.18. The van der Waals surface area contributed by atoms with Crippen molar-refractivity contribution in [2.75, 3.05) is 6.61 Å². The summed E-state index contributed by atoms with van der Waals surface area (Å²) in [6.45, 7) is 9.84. The van der Waals surface area contributed by atoms with Gasteiger partial charge in [-0.3, -0.25) is 0 Å². The van der Waals surface area contributed by atoms with Crippen molar-refractivity contribution >= 4 is 8.56 Å². The van der Waals surface area contributed by atoms with E-state index in [2.05, 4.69) is 58.0 Å². The Morgan fingerprint density at radius 3 is 1.81 bits per heavy atom. The Kier molecular flexibility index (Phi) is 13.8. The molecule has 0 saturated heterocycles. The zero-order valence-electron chi connectivity index (χ0n) is 18.5. The van der Waals surface area contributed by atoms with Gasteiger partial charge in [0.1, 0.15) is 0 Å². The van der Waals surface area contributed by atoms with Crippen LogP contribution in [0.5, 0.6) is 0 Å². The molecule has 0 aliphatic carbocycles. The standard InChI is InChI=1S/C24H44O2Si/c1-5-9-10-11-12-13-14-15-19-22-25-27(7-3,8-4)26-24(6-2)23-20-17-16-18-21-23/h16-18,20-21,24H,5-15,19,22H2,1-4H3. The Hall–Kier alpha value is -0.643. The van der Waals surface area contributed by atoms with E-state index in [1.807, 2.05) is 0 Å². The van der Waals surface area contributed by atoms with Crippen LogP contribution in [-0.4, -0.2) is 15.2 Å². The minimum atomic E-state index is -2.10. The lowest BCUT2D eigenvalue weighted by atomic mass is 10.1. The first-order valence-corrected chi connectivity index (χ1v) is 13.8. The fraction of sp³-hybridized carbons (Fsp3) is 0.750. The average Bonchev–Trinajstić information content (AvgIpc) is 2.72. The van der Waals surface area contributed by atoms with E-state index >= 15 is 0 Å². The Bertz CT molecular complexity index is 445. The van der Waals surface area contributed by atoms with Crippen molar-refractivity contribution in [1.29, 1.82) is 0 Å². The summed E-state index contributed by atoms with van der Waals surface area (Å²) in [5.74, 6) is 0. The fourth-order valence-corrected chi connectivity index (χ4v) is 6.29. The van der Waals surface area contributed by atoms with E-state index in [1.54, 1.807) is 0 Å². The van der Waals surface area contributed by atoms with Gasteiger partial charge >= 0.3 is 8.56 Å². The van der Waals surface area contributed by atoms with Crippen molar-refractivity contribution in [3.05, 3.63) is 35.9 Å². The van der Waals surface area contributed by atoms with Crippen LogP contribution in [0.1, 0.15) is 104 Å². The van der Waals surface area contributed by atoms with Gasteiger partial charge < -0.3 is 8.85 Å². The average molecular weight is 393 g/mol. The predicted molar refractivity (Wildman–Crippen MR) is 120 cm³/mol. The van der Waals surface area contributed by atoms with Crippen molar-refractivity contribution in [2.24, 2.45) is 0 Å². The minimum Gasteiger partial charge on any atom is -0.394 e. The summed E-state index contributed by atoms with van der Waals surface area (Å²) < 4.78 is 13.1. The molecule has 0 spiro atoms. The van der Waals surface area contributed by atoms with E-state index in [0.717, 1.165) is 25.1 Å². The largest absolute Gasteiger partial charge is 0.394 e. The summed E-state index contributed by atoms with van der Waals surface area (Å²) in [5.41, 5.74) is 1.28. The molecule has 0 aliphatic rings. The molecule has 1 unspecified atom stereocenters. The molecule has 0 aliphatic heterocycles. The molecule has 0 aromatic heterocycles. The molecule has 2 nitrogen and oxygen atoms in total. The Morgan fingerprint density at radius 1 is 0.741 bits per heavy atom. The lowest BCUT2D eigenvalue weighted by Crippen LogP contribution is -2.42. The van der Waals surface area contributed by atoms with Gasteiger partial charge in [-0.15, -0.1) is 0 Å². The third-order valence-corrected chi connectivity index (χ3v) is 9.19. The molecule has 1 rings (SSSR count). The normalized spacial score (nSPS) is 13.0. The van der Waals surface area contributed by atoms with Gasteiger partial charge in [0.15, 0.2) is 0 Å². The van der Waals surface area contributed by atoms with Crippen LogP contribution in [0.15, 0.2) is 30.3 Å². The Balaban J connectivity index is 2.33. The summed E-state index contributed by atoms with van der Waals surface area (Å²) in [4.78, 5) is 0. The van der Waals surface area contributed by atoms with Gasteiger partial charge in [0.25, 0.3) is 0 Å². The van der Waals surface area contributed by atoms with Gasteiger partial charge in [0.05, 0.1) is 6.10 Å². The second-order valence-electron chi connectivity index (χ2n) is 7.72. The smallest absolute Gasteiger partial charge is 0.338 e. The maximum atomic E-state index is 6.67. The Labute approximate surface area is 170 Å². The molecule has 1 aromatic rings. The molecule has 0 fully saturated rings. The molecule has 3 heteroatoms. The summed E-state index contributed by atoms with van der Waals surface area (Å²) in [7, 11) is -2.10. The van der Waals surface area contributed by atoms with Crippen LogP contribution in [0.25, 0.3) is 0 Å². The molecular weight excluding hydrogens is 348 g/mol. The molecule has 0 saturated carbocycles. The molecular formula is C24H44O2Si. The topological polar surface area (TPSA) is 18.5 Å². The molecule has 0 heterocycles. The maximum Gasteiger partial charge on any atom is 0.338 e. The van der Waals surface area contributed by atoms with Crippen molar-refractivity contribution in [3.8, 4) is 0 Å². The number of benzene rings is 1. The molecule has 1 atom stereocenters. The highest BCUT2D eigenvalue weighted by Gasteiger charge is 2.36. The van der Waals surface area contributed by atoms with Crippen LogP contribution in [0.2, 0.25) is 12.1 Å². The quantitative estimate of drug-likeness (QED) is 0.196. The summed E-state index contributed by atoms with van der Waals surface area (Å²) in [6.07, 6.45) is 13.3. The Morgan fingerprint density at radius 2 is 1.30 bits per heavy atom. The van der Waals surface area contributed by atoms with Gasteiger partial charge in [-0.1, -0.05) is 109 Å². The van der Waals surface area contributed by atoms with Crippen LogP contribution in [-0.2, 0) is 8.85 Å². The van der Waals surface area contributed by atoms with Gasteiger partial charge in [0, 0.05) is 6.61 Å². The monoisotopic (exact) mass is 392 g/mol. The van der Waals surface area contributed by atoms with Crippen LogP contribution in [0, 0.1) is 0 Å².